The van der Waals surface area contributed by atoms with Crippen LogP contribution in [0.5, 0.6) is 0 Å². The maximum absolute atomic E-state index is 13.5. The van der Waals surface area contributed by atoms with E-state index >= 15 is 0 Å². The lowest BCUT2D eigenvalue weighted by Crippen LogP contribution is -2.34. The zero-order valence-corrected chi connectivity index (χ0v) is 17.3. The van der Waals surface area contributed by atoms with E-state index in [2.05, 4.69) is 9.97 Å². The number of nitrogens with two attached hydrogens (primary N) is 1. The summed E-state index contributed by atoms with van der Waals surface area (Å²) in [7, 11) is 0. The second-order valence-electron chi connectivity index (χ2n) is 6.97. The van der Waals surface area contributed by atoms with Gasteiger partial charge in [0.2, 0.25) is 0 Å². The molecule has 0 fully saturated rings. The molecule has 2 N–H and O–H groups in total. The lowest BCUT2D eigenvalue weighted by molar-refractivity contribution is 0.0660. The molecule has 0 saturated heterocycles. The van der Waals surface area contributed by atoms with Crippen LogP contribution in [0.2, 0.25) is 5.02 Å². The number of amides is 2. The minimum atomic E-state index is -0.611. The van der Waals surface area contributed by atoms with Crippen LogP contribution in [-0.4, -0.2) is 26.7 Å². The molecule has 0 unspecified atom stereocenters. The molecule has 1 atom stereocenters. The SMILES string of the molecule is Cc1ncsc1C(=O)N(Cc1cccnc1C(N)=O)[C@@H]1CCc2cc(Cl)ccc21. The number of primary amides is 1. The fraction of sp³-hybridized carbons (Fsp3) is 0.238. The smallest absolute Gasteiger partial charge is 0.267 e. The molecule has 148 valence electrons. The third kappa shape index (κ3) is 3.75. The van der Waals surface area contributed by atoms with E-state index in [9.17, 15) is 9.59 Å². The number of aryl methyl sites for hydroxylation is 2. The quantitative estimate of drug-likeness (QED) is 0.669. The minimum absolute atomic E-state index is 0.114. The van der Waals surface area contributed by atoms with Crippen molar-refractivity contribution in [3.63, 3.8) is 0 Å². The Hall–Kier alpha value is -2.77. The summed E-state index contributed by atoms with van der Waals surface area (Å²) in [6.45, 7) is 2.05. The summed E-state index contributed by atoms with van der Waals surface area (Å²) in [6, 6.07) is 9.18. The third-order valence-electron chi connectivity index (χ3n) is 5.19. The summed E-state index contributed by atoms with van der Waals surface area (Å²) < 4.78 is 0. The molecule has 1 aromatic carbocycles. The number of nitrogens with zero attached hydrogens (tertiary/aromatic N) is 3. The highest BCUT2D eigenvalue weighted by Crippen LogP contribution is 2.39. The molecule has 2 amide bonds. The van der Waals surface area contributed by atoms with Gasteiger partial charge in [-0.2, -0.15) is 0 Å². The van der Waals surface area contributed by atoms with Gasteiger partial charge in [-0.25, -0.2) is 4.98 Å². The molecule has 2 aromatic heterocycles. The predicted molar refractivity (Wildman–Crippen MR) is 112 cm³/mol. The molecule has 29 heavy (non-hydrogen) atoms. The van der Waals surface area contributed by atoms with Crippen LogP contribution in [0.3, 0.4) is 0 Å². The van der Waals surface area contributed by atoms with Gasteiger partial charge in [-0.3, -0.25) is 14.6 Å². The second-order valence-corrected chi connectivity index (χ2v) is 8.26. The molecular weight excluding hydrogens is 408 g/mol. The van der Waals surface area contributed by atoms with Crippen molar-refractivity contribution < 1.29 is 9.59 Å². The van der Waals surface area contributed by atoms with E-state index in [1.165, 1.54) is 17.5 Å². The lowest BCUT2D eigenvalue weighted by Gasteiger charge is -2.30. The minimum Gasteiger partial charge on any atom is -0.364 e. The van der Waals surface area contributed by atoms with Gasteiger partial charge in [-0.1, -0.05) is 23.7 Å². The summed E-state index contributed by atoms with van der Waals surface area (Å²) in [5.74, 6) is -0.724. The molecule has 1 aliphatic rings. The van der Waals surface area contributed by atoms with E-state index in [1.807, 2.05) is 25.1 Å². The largest absolute Gasteiger partial charge is 0.364 e. The van der Waals surface area contributed by atoms with Gasteiger partial charge in [0, 0.05) is 23.3 Å². The van der Waals surface area contributed by atoms with Gasteiger partial charge < -0.3 is 10.6 Å². The van der Waals surface area contributed by atoms with Gasteiger partial charge in [0.25, 0.3) is 11.8 Å². The van der Waals surface area contributed by atoms with Gasteiger partial charge >= 0.3 is 0 Å². The normalized spacial score (nSPS) is 15.2. The monoisotopic (exact) mass is 426 g/mol. The standard InChI is InChI=1S/C21H19ClN4O2S/c1-12-19(29-11-25-12)21(28)26(10-14-3-2-8-24-18(14)20(23)27)17-7-4-13-9-15(22)5-6-16(13)17/h2-3,5-6,8-9,11,17H,4,7,10H2,1H3,(H2,23,27)/t17-/m1/s1. The molecule has 0 radical (unpaired) electrons. The second kappa shape index (κ2) is 7.93. The fourth-order valence-electron chi connectivity index (χ4n) is 3.82. The van der Waals surface area contributed by atoms with E-state index < -0.39 is 5.91 Å². The Bertz CT molecular complexity index is 1100. The molecule has 0 aliphatic heterocycles. The van der Waals surface area contributed by atoms with E-state index in [0.717, 1.165) is 24.0 Å². The van der Waals surface area contributed by atoms with E-state index in [4.69, 9.17) is 17.3 Å². The Morgan fingerprint density at radius 3 is 2.86 bits per heavy atom. The van der Waals surface area contributed by atoms with E-state index in [-0.39, 0.29) is 24.2 Å². The number of carbonyl (C=O) groups is 2. The lowest BCUT2D eigenvalue weighted by atomic mass is 10.0. The molecule has 0 bridgehead atoms. The van der Waals surface area contributed by atoms with Gasteiger partial charge in [-0.15, -0.1) is 11.3 Å². The topological polar surface area (TPSA) is 89.2 Å². The molecule has 1 aliphatic carbocycles. The first-order chi connectivity index (χ1) is 14.0. The van der Waals surface area contributed by atoms with Gasteiger partial charge in [0.05, 0.1) is 17.2 Å². The number of thiazole rings is 1. The number of fused-ring (bicyclic) bond motifs is 1. The first-order valence-corrected chi connectivity index (χ1v) is 10.4. The molecule has 3 aromatic rings. The maximum atomic E-state index is 13.5. The van der Waals surface area contributed by atoms with Crippen molar-refractivity contribution in [2.75, 3.05) is 0 Å². The number of hydrogen-bond donors (Lipinski definition) is 1. The van der Waals surface area contributed by atoms with Gasteiger partial charge in [0.15, 0.2) is 0 Å². The van der Waals surface area contributed by atoms with Crippen molar-refractivity contribution in [2.24, 2.45) is 5.73 Å². The molecule has 0 spiro atoms. The number of carbonyl (C=O) groups excluding carboxylic acids is 2. The molecule has 4 rings (SSSR count). The Morgan fingerprint density at radius 1 is 1.31 bits per heavy atom. The third-order valence-corrected chi connectivity index (χ3v) is 6.34. The zero-order chi connectivity index (χ0) is 20.5. The zero-order valence-electron chi connectivity index (χ0n) is 15.8. The van der Waals surface area contributed by atoms with Crippen LogP contribution in [0.15, 0.2) is 42.0 Å². The van der Waals surface area contributed by atoms with Crippen molar-refractivity contribution in [2.45, 2.75) is 32.4 Å². The van der Waals surface area contributed by atoms with Crippen LogP contribution < -0.4 is 5.73 Å². The summed E-state index contributed by atoms with van der Waals surface area (Å²) in [4.78, 5) is 36.1. The molecule has 6 nitrogen and oxygen atoms in total. The van der Waals surface area contributed by atoms with Crippen LogP contribution in [0.4, 0.5) is 0 Å². The highest BCUT2D eigenvalue weighted by Gasteiger charge is 2.33. The highest BCUT2D eigenvalue weighted by molar-refractivity contribution is 7.11. The summed E-state index contributed by atoms with van der Waals surface area (Å²) in [6.07, 6.45) is 3.14. The van der Waals surface area contributed by atoms with Gasteiger partial charge in [0.1, 0.15) is 10.6 Å². The summed E-state index contributed by atoms with van der Waals surface area (Å²) >= 11 is 7.47. The highest BCUT2D eigenvalue weighted by atomic mass is 35.5. The van der Waals surface area contributed by atoms with Crippen molar-refractivity contribution in [1.82, 2.24) is 14.9 Å². The number of aromatic nitrogens is 2. The molecular formula is C21H19ClN4O2S. The summed E-state index contributed by atoms with van der Waals surface area (Å²) in [5.41, 5.74) is 10.9. The molecule has 2 heterocycles. The Labute approximate surface area is 177 Å². The van der Waals surface area contributed by atoms with Crippen LogP contribution in [0, 0.1) is 6.92 Å². The van der Waals surface area contributed by atoms with Crippen molar-refractivity contribution >= 4 is 34.8 Å². The fourth-order valence-corrected chi connectivity index (χ4v) is 4.77. The number of pyridine rings is 1. The van der Waals surface area contributed by atoms with Crippen LogP contribution in [0.25, 0.3) is 0 Å². The van der Waals surface area contributed by atoms with Crippen molar-refractivity contribution in [1.29, 1.82) is 0 Å². The summed E-state index contributed by atoms with van der Waals surface area (Å²) in [5, 5.41) is 0.684. The van der Waals surface area contributed by atoms with Crippen LogP contribution in [-0.2, 0) is 13.0 Å². The maximum Gasteiger partial charge on any atom is 0.267 e. The number of halogens is 1. The predicted octanol–water partition coefficient (Wildman–Crippen LogP) is 3.93. The first-order valence-electron chi connectivity index (χ1n) is 9.18. The van der Waals surface area contributed by atoms with Crippen LogP contribution in [0.1, 0.15) is 55.0 Å². The average molecular weight is 427 g/mol. The Balaban J connectivity index is 1.77. The van der Waals surface area contributed by atoms with Crippen LogP contribution >= 0.6 is 22.9 Å². The number of hydrogen-bond acceptors (Lipinski definition) is 5. The average Bonchev–Trinajstić information content (AvgIpc) is 3.31. The number of rotatable bonds is 5. The van der Waals surface area contributed by atoms with E-state index in [1.54, 1.807) is 22.5 Å². The van der Waals surface area contributed by atoms with Crippen molar-refractivity contribution in [3.05, 3.63) is 80.0 Å². The molecule has 0 saturated carbocycles. The van der Waals surface area contributed by atoms with E-state index in [0.29, 0.717) is 21.2 Å². The number of benzene rings is 1. The Kier molecular flexibility index (Phi) is 5.34. The van der Waals surface area contributed by atoms with Gasteiger partial charge in [-0.05, 0) is 49.1 Å². The Morgan fingerprint density at radius 2 is 2.14 bits per heavy atom. The first kappa shape index (κ1) is 19.5. The van der Waals surface area contributed by atoms with Crippen molar-refractivity contribution in [3.8, 4) is 0 Å². The molecule has 8 heteroatoms.